The highest BCUT2D eigenvalue weighted by Gasteiger charge is 2.37. The summed E-state index contributed by atoms with van der Waals surface area (Å²) in [6.45, 7) is 2.25. The Balaban J connectivity index is 2.07. The number of rotatable bonds is 5. The Morgan fingerprint density at radius 3 is 2.38 bits per heavy atom. The molecule has 0 fully saturated rings. The first kappa shape index (κ1) is 21.4. The molecule has 1 amide bonds. The van der Waals surface area contributed by atoms with E-state index in [0.29, 0.717) is 27.0 Å². The summed E-state index contributed by atoms with van der Waals surface area (Å²) >= 11 is 12.6. The minimum Gasteiger partial charge on any atom is -0.480 e. The number of carbonyl (C=O) groups excluding carboxylic acids is 1. The molecule has 0 saturated carbocycles. The molecular formula is C21H23Cl2N3O3. The molecule has 2 aromatic carbocycles. The molecule has 0 unspecified atom stereocenters. The van der Waals surface area contributed by atoms with Gasteiger partial charge in [0.25, 0.3) is 0 Å². The molecule has 0 saturated heterocycles. The number of carbonyl (C=O) groups is 2. The molecular weight excluding hydrogens is 413 g/mol. The highest BCUT2D eigenvalue weighted by atomic mass is 35.5. The molecule has 1 heterocycles. The van der Waals surface area contributed by atoms with E-state index in [0.717, 1.165) is 12.1 Å². The maximum Gasteiger partial charge on any atom is 0.326 e. The molecule has 2 atom stereocenters. The number of amides is 1. The second kappa shape index (κ2) is 8.61. The van der Waals surface area contributed by atoms with Gasteiger partial charge in [-0.3, -0.25) is 4.79 Å². The second-order valence-electron chi connectivity index (χ2n) is 7.43. The molecule has 8 heteroatoms. The quantitative estimate of drug-likeness (QED) is 0.726. The van der Waals surface area contributed by atoms with Crippen molar-refractivity contribution < 1.29 is 14.7 Å². The highest BCUT2D eigenvalue weighted by Crippen LogP contribution is 2.44. The Bertz CT molecular complexity index is 932. The molecule has 0 aromatic heterocycles. The van der Waals surface area contributed by atoms with Gasteiger partial charge in [0.05, 0.1) is 6.04 Å². The van der Waals surface area contributed by atoms with Crippen LogP contribution in [0.25, 0.3) is 0 Å². The number of aliphatic carboxylic acids is 1. The summed E-state index contributed by atoms with van der Waals surface area (Å²) in [6.07, 6.45) is 0.183. The second-order valence-corrected chi connectivity index (χ2v) is 8.27. The monoisotopic (exact) mass is 435 g/mol. The molecule has 2 aromatic rings. The van der Waals surface area contributed by atoms with Gasteiger partial charge in [-0.2, -0.15) is 0 Å². The Morgan fingerprint density at radius 1 is 1.17 bits per heavy atom. The normalized spacial score (nSPS) is 18.1. The predicted molar refractivity (Wildman–Crippen MR) is 116 cm³/mol. The van der Waals surface area contributed by atoms with Crippen LogP contribution >= 0.6 is 23.2 Å². The summed E-state index contributed by atoms with van der Waals surface area (Å²) in [5.74, 6) is -1.19. The first-order chi connectivity index (χ1) is 13.7. The molecule has 154 valence electrons. The summed E-state index contributed by atoms with van der Waals surface area (Å²) in [4.78, 5) is 28.0. The molecule has 0 radical (unpaired) electrons. The number of hydrogen-bond acceptors (Lipinski definition) is 4. The van der Waals surface area contributed by atoms with Crippen molar-refractivity contribution in [3.63, 3.8) is 0 Å². The molecule has 6 nitrogen and oxygen atoms in total. The van der Waals surface area contributed by atoms with Crippen LogP contribution in [0.2, 0.25) is 10.0 Å². The number of anilines is 2. The van der Waals surface area contributed by atoms with Crippen molar-refractivity contribution in [3.05, 3.63) is 57.6 Å². The lowest BCUT2D eigenvalue weighted by Crippen LogP contribution is -2.43. The van der Waals surface area contributed by atoms with Crippen LogP contribution in [0.5, 0.6) is 0 Å². The van der Waals surface area contributed by atoms with E-state index in [1.807, 2.05) is 38.4 Å². The van der Waals surface area contributed by atoms with Crippen LogP contribution in [0.1, 0.15) is 30.5 Å². The van der Waals surface area contributed by atoms with Crippen molar-refractivity contribution >= 4 is 46.5 Å². The zero-order valence-electron chi connectivity index (χ0n) is 16.4. The van der Waals surface area contributed by atoms with E-state index >= 15 is 0 Å². The van der Waals surface area contributed by atoms with Crippen LogP contribution in [0.3, 0.4) is 0 Å². The van der Waals surface area contributed by atoms with Crippen LogP contribution in [-0.4, -0.2) is 42.0 Å². The maximum absolute atomic E-state index is 12.7. The van der Waals surface area contributed by atoms with Crippen LogP contribution in [-0.2, 0) is 16.1 Å². The molecule has 1 aliphatic rings. The van der Waals surface area contributed by atoms with E-state index in [1.165, 1.54) is 6.92 Å². The number of nitrogens with zero attached hydrogens (tertiary/aromatic N) is 2. The number of carboxylic acid groups (broad SMARTS) is 1. The average molecular weight is 436 g/mol. The number of fused-ring (bicyclic) bond motifs is 1. The zero-order chi connectivity index (χ0) is 21.3. The fourth-order valence-electron chi connectivity index (χ4n) is 3.74. The lowest BCUT2D eigenvalue weighted by Gasteiger charge is -2.39. The van der Waals surface area contributed by atoms with Crippen LogP contribution < -0.4 is 10.2 Å². The highest BCUT2D eigenvalue weighted by molar-refractivity contribution is 6.35. The number of hydrogen-bond donors (Lipinski definition) is 2. The van der Waals surface area contributed by atoms with Gasteiger partial charge in [-0.1, -0.05) is 35.3 Å². The van der Waals surface area contributed by atoms with Crippen LogP contribution in [0.4, 0.5) is 11.4 Å². The van der Waals surface area contributed by atoms with E-state index in [1.54, 1.807) is 17.0 Å². The van der Waals surface area contributed by atoms with Gasteiger partial charge in [-0.15, -0.1) is 0 Å². The van der Waals surface area contributed by atoms with E-state index in [2.05, 4.69) is 10.2 Å². The van der Waals surface area contributed by atoms with E-state index in [-0.39, 0.29) is 12.3 Å². The third-order valence-corrected chi connectivity index (χ3v) is 5.41. The third-order valence-electron chi connectivity index (χ3n) is 4.88. The first-order valence-corrected chi connectivity index (χ1v) is 9.94. The van der Waals surface area contributed by atoms with Gasteiger partial charge in [0.15, 0.2) is 0 Å². The lowest BCUT2D eigenvalue weighted by atomic mass is 9.91. The fourth-order valence-corrected chi connectivity index (χ4v) is 4.36. The largest absolute Gasteiger partial charge is 0.480 e. The number of benzene rings is 2. The molecule has 3 rings (SSSR count). The van der Waals surface area contributed by atoms with Gasteiger partial charge in [0.1, 0.15) is 6.04 Å². The lowest BCUT2D eigenvalue weighted by molar-refractivity contribution is -0.138. The van der Waals surface area contributed by atoms with Crippen LogP contribution in [0.15, 0.2) is 36.4 Å². The van der Waals surface area contributed by atoms with E-state index in [4.69, 9.17) is 23.2 Å². The molecule has 29 heavy (non-hydrogen) atoms. The Labute approximate surface area is 180 Å². The molecule has 0 aliphatic carbocycles. The smallest absolute Gasteiger partial charge is 0.326 e. The van der Waals surface area contributed by atoms with E-state index < -0.39 is 18.1 Å². The zero-order valence-corrected chi connectivity index (χ0v) is 18.0. The fraction of sp³-hybridized carbons (Fsp3) is 0.333. The molecule has 0 bridgehead atoms. The standard InChI is InChI=1S/C21H23Cl2N3O3/c1-12(27)26(15-6-4-13(5-7-15)11-25(2)3)19-10-18(21(28)29)24-17-9-14(22)8-16(23)20(17)19/h4-9,18-19,24H,10-11H2,1-3H3,(H,28,29)/t18-,19+/m0/s1. The van der Waals surface area contributed by atoms with Crippen LogP contribution in [0, 0.1) is 0 Å². The van der Waals surface area contributed by atoms with Gasteiger partial charge in [0, 0.05) is 46.9 Å². The van der Waals surface area contributed by atoms with Crippen molar-refractivity contribution in [1.82, 2.24) is 4.90 Å². The van der Waals surface area contributed by atoms with Gasteiger partial charge in [0.2, 0.25) is 5.91 Å². The first-order valence-electron chi connectivity index (χ1n) is 9.19. The number of nitrogens with one attached hydrogen (secondary N) is 1. The summed E-state index contributed by atoms with van der Waals surface area (Å²) < 4.78 is 0. The summed E-state index contributed by atoms with van der Waals surface area (Å²) in [7, 11) is 3.97. The van der Waals surface area contributed by atoms with Gasteiger partial charge in [-0.05, 0) is 43.9 Å². The SMILES string of the molecule is CC(=O)N(c1ccc(CN(C)C)cc1)[C@@H]1C[C@@H](C(=O)O)Nc2cc(Cl)cc(Cl)c21. The average Bonchev–Trinajstić information content (AvgIpc) is 2.61. The van der Waals surface area contributed by atoms with Gasteiger partial charge >= 0.3 is 5.97 Å². The maximum atomic E-state index is 12.7. The summed E-state index contributed by atoms with van der Waals surface area (Å²) in [5.41, 5.74) is 3.00. The third kappa shape index (κ3) is 4.66. The Morgan fingerprint density at radius 2 is 1.83 bits per heavy atom. The predicted octanol–water partition coefficient (Wildman–Crippen LogP) is 4.42. The summed E-state index contributed by atoms with van der Waals surface area (Å²) in [5, 5.41) is 13.4. The van der Waals surface area contributed by atoms with Crippen molar-refractivity contribution in [3.8, 4) is 0 Å². The van der Waals surface area contributed by atoms with Crippen molar-refractivity contribution in [1.29, 1.82) is 0 Å². The van der Waals surface area contributed by atoms with Crippen molar-refractivity contribution in [2.75, 3.05) is 24.3 Å². The Kier molecular flexibility index (Phi) is 6.36. The summed E-state index contributed by atoms with van der Waals surface area (Å²) in [6, 6.07) is 9.53. The minimum atomic E-state index is -0.999. The van der Waals surface area contributed by atoms with Gasteiger partial charge < -0.3 is 20.2 Å². The molecule has 2 N–H and O–H groups in total. The topological polar surface area (TPSA) is 72.9 Å². The van der Waals surface area contributed by atoms with Gasteiger partial charge in [-0.25, -0.2) is 4.79 Å². The molecule has 0 spiro atoms. The number of carboxylic acids is 1. The number of halogens is 2. The minimum absolute atomic E-state index is 0.183. The molecule has 1 aliphatic heterocycles. The Hall–Kier alpha value is -2.28. The van der Waals surface area contributed by atoms with E-state index in [9.17, 15) is 14.7 Å². The van der Waals surface area contributed by atoms with Crippen molar-refractivity contribution in [2.24, 2.45) is 0 Å². The van der Waals surface area contributed by atoms with Crippen molar-refractivity contribution in [2.45, 2.75) is 32.0 Å².